The van der Waals surface area contributed by atoms with Crippen LogP contribution in [0.4, 0.5) is 0 Å². The quantitative estimate of drug-likeness (QED) is 0.0261. The summed E-state index contributed by atoms with van der Waals surface area (Å²) in [4.78, 5) is 38.2. The minimum atomic E-state index is -0.771. The summed E-state index contributed by atoms with van der Waals surface area (Å²) in [5, 5.41) is 0. The summed E-state index contributed by atoms with van der Waals surface area (Å²) in [5.74, 6) is -0.853. The largest absolute Gasteiger partial charge is 0.462 e. The maximum absolute atomic E-state index is 12.9. The SMILES string of the molecule is CCCCCCC/C=C\C/C=C\CCCCCCCCCCCCCCCCCC(=O)OCC(COC(=O)CCCCCCCCCCCC)OC(=O)CCCCCCCCC/C=C\CCCCCCCCC. The van der Waals surface area contributed by atoms with Crippen molar-refractivity contribution in [2.75, 3.05) is 13.2 Å². The minimum Gasteiger partial charge on any atom is -0.462 e. The van der Waals surface area contributed by atoms with Crippen molar-refractivity contribution in [1.82, 2.24) is 0 Å². The van der Waals surface area contributed by atoms with E-state index in [4.69, 9.17) is 14.2 Å². The normalized spacial score (nSPS) is 12.2. The molecule has 0 fully saturated rings. The van der Waals surface area contributed by atoms with Crippen LogP contribution in [-0.4, -0.2) is 37.2 Å². The molecule has 1 atom stereocenters. The van der Waals surface area contributed by atoms with Crippen molar-refractivity contribution in [1.29, 1.82) is 0 Å². The average molecular weight is 1030 g/mol. The molecule has 0 heterocycles. The van der Waals surface area contributed by atoms with Gasteiger partial charge in [-0.3, -0.25) is 14.4 Å². The van der Waals surface area contributed by atoms with Crippen molar-refractivity contribution in [2.24, 2.45) is 0 Å². The number of esters is 3. The average Bonchev–Trinajstić information content (AvgIpc) is 3.39. The van der Waals surface area contributed by atoms with Crippen LogP contribution in [0.15, 0.2) is 36.5 Å². The zero-order valence-corrected chi connectivity index (χ0v) is 49.2. The zero-order valence-electron chi connectivity index (χ0n) is 49.2. The lowest BCUT2D eigenvalue weighted by Gasteiger charge is -2.18. The van der Waals surface area contributed by atoms with Crippen LogP contribution in [0.25, 0.3) is 0 Å². The molecular weight excluding hydrogens is 901 g/mol. The lowest BCUT2D eigenvalue weighted by molar-refractivity contribution is -0.167. The van der Waals surface area contributed by atoms with E-state index in [0.29, 0.717) is 19.3 Å². The van der Waals surface area contributed by atoms with Gasteiger partial charge in [0.15, 0.2) is 6.10 Å². The second kappa shape index (κ2) is 62.2. The zero-order chi connectivity index (χ0) is 52.9. The van der Waals surface area contributed by atoms with E-state index in [0.717, 1.165) is 64.2 Å². The molecule has 0 aromatic rings. The molecule has 0 aliphatic carbocycles. The van der Waals surface area contributed by atoms with E-state index in [-0.39, 0.29) is 31.1 Å². The van der Waals surface area contributed by atoms with Crippen LogP contribution in [0.5, 0.6) is 0 Å². The maximum Gasteiger partial charge on any atom is 0.306 e. The third-order valence-electron chi connectivity index (χ3n) is 14.6. The van der Waals surface area contributed by atoms with Crippen LogP contribution in [0.1, 0.15) is 355 Å². The van der Waals surface area contributed by atoms with Gasteiger partial charge in [-0.05, 0) is 77.0 Å². The summed E-state index contributed by atoms with van der Waals surface area (Å²) >= 11 is 0. The fourth-order valence-corrected chi connectivity index (χ4v) is 9.71. The van der Waals surface area contributed by atoms with Gasteiger partial charge >= 0.3 is 17.9 Å². The molecule has 0 saturated carbocycles. The Labute approximate surface area is 455 Å². The molecule has 0 rings (SSSR count). The van der Waals surface area contributed by atoms with Crippen LogP contribution in [0, 0.1) is 0 Å². The summed E-state index contributed by atoms with van der Waals surface area (Å²) < 4.78 is 16.9. The molecule has 0 aliphatic rings. The summed E-state index contributed by atoms with van der Waals surface area (Å²) in [6, 6.07) is 0. The predicted octanol–water partition coefficient (Wildman–Crippen LogP) is 22.0. The molecule has 0 spiro atoms. The summed E-state index contributed by atoms with van der Waals surface area (Å²) in [6.45, 7) is 6.66. The number of unbranched alkanes of at least 4 members (excludes halogenated alkanes) is 43. The minimum absolute atomic E-state index is 0.0692. The van der Waals surface area contributed by atoms with Crippen molar-refractivity contribution in [3.05, 3.63) is 36.5 Å². The van der Waals surface area contributed by atoms with Gasteiger partial charge in [0.25, 0.3) is 0 Å². The number of allylic oxidation sites excluding steroid dienone is 6. The van der Waals surface area contributed by atoms with E-state index in [2.05, 4.69) is 57.2 Å². The Morgan fingerprint density at radius 2 is 0.493 bits per heavy atom. The number of hydrogen-bond acceptors (Lipinski definition) is 6. The molecule has 73 heavy (non-hydrogen) atoms. The Balaban J connectivity index is 4.16. The first-order valence-electron chi connectivity index (χ1n) is 32.5. The summed E-state index contributed by atoms with van der Waals surface area (Å²) in [7, 11) is 0. The molecule has 0 saturated heterocycles. The van der Waals surface area contributed by atoms with Crippen LogP contribution in [0.3, 0.4) is 0 Å². The van der Waals surface area contributed by atoms with Crippen molar-refractivity contribution in [3.8, 4) is 0 Å². The fraction of sp³-hybridized carbons (Fsp3) is 0.866. The highest BCUT2D eigenvalue weighted by atomic mass is 16.6. The molecule has 0 radical (unpaired) electrons. The number of carbonyl (C=O) groups excluding carboxylic acids is 3. The highest BCUT2D eigenvalue weighted by Gasteiger charge is 2.19. The summed E-state index contributed by atoms with van der Waals surface area (Å²) in [6.07, 6.45) is 75.9. The number of carbonyl (C=O) groups is 3. The molecular formula is C67H124O6. The molecule has 0 aromatic heterocycles. The smallest absolute Gasteiger partial charge is 0.306 e. The van der Waals surface area contributed by atoms with E-state index in [1.54, 1.807) is 0 Å². The third-order valence-corrected chi connectivity index (χ3v) is 14.6. The lowest BCUT2D eigenvalue weighted by Crippen LogP contribution is -2.30. The standard InChI is InChI=1S/C67H124O6/c1-4-7-10-13-16-19-22-24-26-28-30-31-32-33-34-35-36-37-38-40-41-43-45-48-51-54-57-60-66(69)72-63-64(62-71-65(68)59-56-53-50-47-21-18-15-12-9-6-3)73-67(70)61-58-55-52-49-46-44-42-39-29-27-25-23-20-17-14-11-8-5-2/h22,24,27-30,64H,4-21,23,25-26,31-63H2,1-3H3/b24-22-,29-27-,30-28-. The molecule has 0 aromatic carbocycles. The van der Waals surface area contributed by atoms with E-state index >= 15 is 0 Å². The van der Waals surface area contributed by atoms with Gasteiger partial charge in [0.1, 0.15) is 13.2 Å². The van der Waals surface area contributed by atoms with Gasteiger partial charge in [-0.15, -0.1) is 0 Å². The Bertz CT molecular complexity index is 1220. The van der Waals surface area contributed by atoms with Gasteiger partial charge in [0.05, 0.1) is 0 Å². The van der Waals surface area contributed by atoms with Crippen molar-refractivity contribution in [2.45, 2.75) is 361 Å². The van der Waals surface area contributed by atoms with Crippen molar-refractivity contribution in [3.63, 3.8) is 0 Å². The second-order valence-corrected chi connectivity index (χ2v) is 22.0. The number of hydrogen-bond donors (Lipinski definition) is 0. The van der Waals surface area contributed by atoms with Crippen LogP contribution >= 0.6 is 0 Å². The fourth-order valence-electron chi connectivity index (χ4n) is 9.71. The number of rotatable bonds is 60. The molecule has 0 aliphatic heterocycles. The highest BCUT2D eigenvalue weighted by molar-refractivity contribution is 5.71. The maximum atomic E-state index is 12.9. The van der Waals surface area contributed by atoms with E-state index < -0.39 is 6.10 Å². The molecule has 0 bridgehead atoms. The van der Waals surface area contributed by atoms with Gasteiger partial charge in [0.2, 0.25) is 0 Å². The molecule has 0 N–H and O–H groups in total. The van der Waals surface area contributed by atoms with Gasteiger partial charge < -0.3 is 14.2 Å². The first-order valence-corrected chi connectivity index (χ1v) is 32.5. The molecule has 428 valence electrons. The first-order chi connectivity index (χ1) is 36.0. The van der Waals surface area contributed by atoms with Gasteiger partial charge in [0, 0.05) is 19.3 Å². The monoisotopic (exact) mass is 1020 g/mol. The van der Waals surface area contributed by atoms with E-state index in [1.807, 2.05) is 0 Å². The second-order valence-electron chi connectivity index (χ2n) is 22.0. The highest BCUT2D eigenvalue weighted by Crippen LogP contribution is 2.17. The van der Waals surface area contributed by atoms with Gasteiger partial charge in [-0.25, -0.2) is 0 Å². The Morgan fingerprint density at radius 1 is 0.274 bits per heavy atom. The molecule has 6 nitrogen and oxygen atoms in total. The molecule has 6 heteroatoms. The van der Waals surface area contributed by atoms with Crippen LogP contribution in [-0.2, 0) is 28.6 Å². The molecule has 0 amide bonds. The van der Waals surface area contributed by atoms with E-state index in [1.165, 1.54) is 250 Å². The first kappa shape index (κ1) is 70.6. The van der Waals surface area contributed by atoms with Crippen molar-refractivity contribution >= 4 is 17.9 Å². The van der Waals surface area contributed by atoms with E-state index in [9.17, 15) is 14.4 Å². The summed E-state index contributed by atoms with van der Waals surface area (Å²) in [5.41, 5.74) is 0. The molecule has 1 unspecified atom stereocenters. The Hall–Kier alpha value is -2.37. The third kappa shape index (κ3) is 60.4. The van der Waals surface area contributed by atoms with Crippen LogP contribution in [0.2, 0.25) is 0 Å². The topological polar surface area (TPSA) is 78.9 Å². The number of ether oxygens (including phenoxy) is 3. The Kier molecular flexibility index (Phi) is 60.2. The van der Waals surface area contributed by atoms with Crippen molar-refractivity contribution < 1.29 is 28.6 Å². The van der Waals surface area contributed by atoms with Gasteiger partial charge in [-0.2, -0.15) is 0 Å². The van der Waals surface area contributed by atoms with Crippen LogP contribution < -0.4 is 0 Å². The Morgan fingerprint density at radius 3 is 0.767 bits per heavy atom. The lowest BCUT2D eigenvalue weighted by atomic mass is 10.0. The predicted molar refractivity (Wildman–Crippen MR) is 316 cm³/mol. The van der Waals surface area contributed by atoms with Gasteiger partial charge in [-0.1, -0.05) is 295 Å².